The van der Waals surface area contributed by atoms with Gasteiger partial charge in [-0.3, -0.25) is 9.59 Å². The Labute approximate surface area is 199 Å². The first-order valence-electron chi connectivity index (χ1n) is 10.9. The molecule has 3 aromatic rings. The van der Waals surface area contributed by atoms with Gasteiger partial charge in [-0.05, 0) is 46.4 Å². The van der Waals surface area contributed by atoms with Crippen molar-refractivity contribution in [2.45, 2.75) is 38.8 Å². The SMILES string of the molecule is CC(C)(C)c1ccc(C2/C(=C(\O)c3ccc(Cl)cc3)C(=O)C(=O)N2Cc2ccccc2)cc1. The molecule has 4 rings (SSSR count). The average molecular weight is 460 g/mol. The number of halogens is 1. The number of aliphatic hydroxyl groups excluding tert-OH is 1. The minimum Gasteiger partial charge on any atom is -0.507 e. The largest absolute Gasteiger partial charge is 0.507 e. The predicted octanol–water partition coefficient (Wildman–Crippen LogP) is 6.26. The summed E-state index contributed by atoms with van der Waals surface area (Å²) in [6.45, 7) is 6.65. The Hall–Kier alpha value is -3.37. The summed E-state index contributed by atoms with van der Waals surface area (Å²) in [7, 11) is 0. The van der Waals surface area contributed by atoms with Gasteiger partial charge < -0.3 is 10.0 Å². The Balaban J connectivity index is 1.85. The number of Topliss-reactive ketones (excluding diaryl/α,β-unsaturated/α-hetero) is 1. The highest BCUT2D eigenvalue weighted by Crippen LogP contribution is 2.41. The van der Waals surface area contributed by atoms with Gasteiger partial charge in [-0.2, -0.15) is 0 Å². The number of hydrogen-bond donors (Lipinski definition) is 1. The molecule has 5 heteroatoms. The molecule has 0 radical (unpaired) electrons. The van der Waals surface area contributed by atoms with Crippen LogP contribution >= 0.6 is 11.6 Å². The number of benzene rings is 3. The first-order valence-corrected chi connectivity index (χ1v) is 11.2. The fourth-order valence-electron chi connectivity index (χ4n) is 4.10. The summed E-state index contributed by atoms with van der Waals surface area (Å²) in [5, 5.41) is 11.7. The Bertz CT molecular complexity index is 1210. The fraction of sp³-hybridized carbons (Fsp3) is 0.214. The zero-order chi connectivity index (χ0) is 23.8. The van der Waals surface area contributed by atoms with Crippen LogP contribution in [0.3, 0.4) is 0 Å². The van der Waals surface area contributed by atoms with E-state index in [1.54, 1.807) is 24.3 Å². The van der Waals surface area contributed by atoms with Gasteiger partial charge in [-0.25, -0.2) is 0 Å². The van der Waals surface area contributed by atoms with Crippen LogP contribution in [0.4, 0.5) is 0 Å². The van der Waals surface area contributed by atoms with Gasteiger partial charge in [-0.1, -0.05) is 87.0 Å². The van der Waals surface area contributed by atoms with Crippen LogP contribution in [0.25, 0.3) is 5.76 Å². The number of rotatable bonds is 4. The number of nitrogens with zero attached hydrogens (tertiary/aromatic N) is 1. The van der Waals surface area contributed by atoms with Gasteiger partial charge in [0.25, 0.3) is 11.7 Å². The second kappa shape index (κ2) is 8.87. The molecule has 3 aromatic carbocycles. The topological polar surface area (TPSA) is 57.6 Å². The maximum absolute atomic E-state index is 13.2. The van der Waals surface area contributed by atoms with Crippen LogP contribution in [0, 0.1) is 0 Å². The summed E-state index contributed by atoms with van der Waals surface area (Å²) in [5.41, 5.74) is 3.31. The molecule has 0 bridgehead atoms. The zero-order valence-electron chi connectivity index (χ0n) is 18.9. The number of hydrogen-bond acceptors (Lipinski definition) is 3. The number of ketones is 1. The standard InChI is InChI=1S/C28H26ClNO3/c1-28(2,3)21-13-9-19(10-14-21)24-23(25(31)20-11-15-22(29)16-12-20)26(32)27(33)30(24)17-18-7-5-4-6-8-18/h4-16,24,31H,17H2,1-3H3/b25-23+. The monoisotopic (exact) mass is 459 g/mol. The summed E-state index contributed by atoms with van der Waals surface area (Å²) in [6, 6.07) is 23.3. The number of aliphatic hydroxyl groups is 1. The van der Waals surface area contributed by atoms with Crippen molar-refractivity contribution in [1.29, 1.82) is 0 Å². The van der Waals surface area contributed by atoms with Crippen LogP contribution in [-0.4, -0.2) is 21.7 Å². The molecule has 168 valence electrons. The number of carbonyl (C=O) groups excluding carboxylic acids is 2. The molecule has 1 saturated heterocycles. The predicted molar refractivity (Wildman–Crippen MR) is 131 cm³/mol. The summed E-state index contributed by atoms with van der Waals surface area (Å²) in [4.78, 5) is 27.8. The van der Waals surface area contributed by atoms with Gasteiger partial charge in [0.15, 0.2) is 0 Å². The van der Waals surface area contributed by atoms with E-state index in [0.29, 0.717) is 10.6 Å². The maximum Gasteiger partial charge on any atom is 0.295 e. The lowest BCUT2D eigenvalue weighted by Crippen LogP contribution is -2.29. The van der Waals surface area contributed by atoms with E-state index in [2.05, 4.69) is 20.8 Å². The molecule has 1 unspecified atom stereocenters. The van der Waals surface area contributed by atoms with Crippen LogP contribution in [0.15, 0.2) is 84.4 Å². The molecule has 1 atom stereocenters. The van der Waals surface area contributed by atoms with E-state index in [1.807, 2.05) is 54.6 Å². The van der Waals surface area contributed by atoms with Crippen molar-refractivity contribution < 1.29 is 14.7 Å². The van der Waals surface area contributed by atoms with Crippen LogP contribution in [-0.2, 0) is 21.5 Å². The lowest BCUT2D eigenvalue weighted by atomic mass is 9.85. The number of amides is 1. The van der Waals surface area contributed by atoms with Gasteiger partial charge in [-0.15, -0.1) is 0 Å². The first-order chi connectivity index (χ1) is 15.7. The van der Waals surface area contributed by atoms with Gasteiger partial charge >= 0.3 is 0 Å². The minimum absolute atomic E-state index is 0.0340. The van der Waals surface area contributed by atoms with Gasteiger partial charge in [0, 0.05) is 17.1 Å². The van der Waals surface area contributed by atoms with Crippen molar-refractivity contribution >= 4 is 29.1 Å². The molecular weight excluding hydrogens is 434 g/mol. The van der Waals surface area contributed by atoms with Crippen molar-refractivity contribution in [2.24, 2.45) is 0 Å². The molecule has 1 heterocycles. The normalized spacial score (nSPS) is 18.1. The minimum atomic E-state index is -0.699. The molecule has 33 heavy (non-hydrogen) atoms. The van der Waals surface area contributed by atoms with Crippen LogP contribution in [0.1, 0.15) is 49.1 Å². The number of carbonyl (C=O) groups is 2. The van der Waals surface area contributed by atoms with E-state index in [9.17, 15) is 14.7 Å². The third-order valence-electron chi connectivity index (χ3n) is 5.95. The van der Waals surface area contributed by atoms with E-state index >= 15 is 0 Å². The summed E-state index contributed by atoms with van der Waals surface area (Å²) in [5.74, 6) is -1.52. The maximum atomic E-state index is 13.2. The van der Waals surface area contributed by atoms with Gasteiger partial charge in [0.05, 0.1) is 11.6 Å². The lowest BCUT2D eigenvalue weighted by molar-refractivity contribution is -0.140. The van der Waals surface area contributed by atoms with Crippen molar-refractivity contribution in [1.82, 2.24) is 4.90 Å². The molecule has 0 saturated carbocycles. The molecule has 0 aromatic heterocycles. The Morgan fingerprint density at radius 2 is 1.52 bits per heavy atom. The Kier molecular flexibility index (Phi) is 6.13. The van der Waals surface area contributed by atoms with Crippen LogP contribution < -0.4 is 0 Å². The quantitative estimate of drug-likeness (QED) is 0.284. The van der Waals surface area contributed by atoms with Crippen LogP contribution in [0.5, 0.6) is 0 Å². The van der Waals surface area contributed by atoms with Crippen molar-refractivity contribution in [3.8, 4) is 0 Å². The average Bonchev–Trinajstić information content (AvgIpc) is 3.04. The van der Waals surface area contributed by atoms with Crippen molar-refractivity contribution in [3.63, 3.8) is 0 Å². The second-order valence-corrected chi connectivity index (χ2v) is 9.73. The lowest BCUT2D eigenvalue weighted by Gasteiger charge is -2.26. The molecule has 1 aliphatic heterocycles. The van der Waals surface area contributed by atoms with E-state index in [4.69, 9.17) is 11.6 Å². The Morgan fingerprint density at radius 3 is 2.09 bits per heavy atom. The molecular formula is C28H26ClNO3. The van der Waals surface area contributed by atoms with E-state index in [-0.39, 0.29) is 23.3 Å². The molecule has 0 aliphatic carbocycles. The van der Waals surface area contributed by atoms with E-state index < -0.39 is 17.7 Å². The third kappa shape index (κ3) is 4.57. The van der Waals surface area contributed by atoms with E-state index in [1.165, 1.54) is 4.90 Å². The van der Waals surface area contributed by atoms with Crippen molar-refractivity contribution in [3.05, 3.63) is 112 Å². The molecule has 1 aliphatic rings. The van der Waals surface area contributed by atoms with Crippen molar-refractivity contribution in [2.75, 3.05) is 0 Å². The summed E-state index contributed by atoms with van der Waals surface area (Å²) in [6.07, 6.45) is 0. The van der Waals surface area contributed by atoms with Gasteiger partial charge in [0.2, 0.25) is 0 Å². The fourth-order valence-corrected chi connectivity index (χ4v) is 4.22. The number of likely N-dealkylation sites (tertiary alicyclic amines) is 1. The molecule has 1 N–H and O–H groups in total. The molecule has 4 nitrogen and oxygen atoms in total. The van der Waals surface area contributed by atoms with Crippen LogP contribution in [0.2, 0.25) is 5.02 Å². The summed E-state index contributed by atoms with van der Waals surface area (Å²) < 4.78 is 0. The molecule has 1 amide bonds. The highest BCUT2D eigenvalue weighted by atomic mass is 35.5. The van der Waals surface area contributed by atoms with Gasteiger partial charge in [0.1, 0.15) is 5.76 Å². The Morgan fingerprint density at radius 1 is 0.909 bits per heavy atom. The molecule has 0 spiro atoms. The van der Waals surface area contributed by atoms with E-state index in [0.717, 1.165) is 16.7 Å². The zero-order valence-corrected chi connectivity index (χ0v) is 19.6. The highest BCUT2D eigenvalue weighted by Gasteiger charge is 2.46. The summed E-state index contributed by atoms with van der Waals surface area (Å²) >= 11 is 5.99. The third-order valence-corrected chi connectivity index (χ3v) is 6.20. The smallest absolute Gasteiger partial charge is 0.295 e. The highest BCUT2D eigenvalue weighted by molar-refractivity contribution is 6.46. The second-order valence-electron chi connectivity index (χ2n) is 9.29. The molecule has 1 fully saturated rings. The first kappa shape index (κ1) is 22.8.